The van der Waals surface area contributed by atoms with Crippen molar-refractivity contribution in [2.45, 2.75) is 13.3 Å². The monoisotopic (exact) mass is 321 g/mol. The lowest BCUT2D eigenvalue weighted by atomic mass is 10.1. The molecule has 0 atom stereocenters. The van der Waals surface area contributed by atoms with Gasteiger partial charge < -0.3 is 24.6 Å². The van der Waals surface area contributed by atoms with Crippen LogP contribution in [0.5, 0.6) is 11.5 Å². The Morgan fingerprint density at radius 1 is 1.48 bits per heavy atom. The lowest BCUT2D eigenvalue weighted by molar-refractivity contribution is -0.131. The fourth-order valence-electron chi connectivity index (χ4n) is 2.30. The molecule has 1 aromatic carbocycles. The molecule has 124 valence electrons. The first kappa shape index (κ1) is 16.8. The molecule has 0 saturated heterocycles. The summed E-state index contributed by atoms with van der Waals surface area (Å²) in [4.78, 5) is 24.3. The molecule has 0 aliphatic carbocycles. The number of anilines is 1. The van der Waals surface area contributed by atoms with Crippen LogP contribution in [0.3, 0.4) is 0 Å². The third kappa shape index (κ3) is 4.01. The Bertz CT molecular complexity index is 625. The molecule has 0 bridgehead atoms. The summed E-state index contributed by atoms with van der Waals surface area (Å²) in [7, 11) is 0. The van der Waals surface area contributed by atoms with E-state index in [1.165, 1.54) is 11.0 Å². The molecular weight excluding hydrogens is 302 g/mol. The summed E-state index contributed by atoms with van der Waals surface area (Å²) >= 11 is 0. The summed E-state index contributed by atoms with van der Waals surface area (Å²) in [5.41, 5.74) is 1.10. The Kier molecular flexibility index (Phi) is 5.59. The van der Waals surface area contributed by atoms with Gasteiger partial charge >= 0.3 is 5.97 Å². The molecule has 2 N–H and O–H groups in total. The lowest BCUT2D eigenvalue weighted by Gasteiger charge is -2.30. The van der Waals surface area contributed by atoms with Gasteiger partial charge in [-0.2, -0.15) is 0 Å². The highest BCUT2D eigenvalue weighted by molar-refractivity contribution is 5.99. The predicted octanol–water partition coefficient (Wildman–Crippen LogP) is 1.29. The molecule has 1 amide bonds. The largest absolute Gasteiger partial charge is 0.490 e. The summed E-state index contributed by atoms with van der Waals surface area (Å²) in [6, 6.07) is 3.34. The molecule has 7 heteroatoms. The van der Waals surface area contributed by atoms with Crippen LogP contribution in [0.15, 0.2) is 18.2 Å². The number of hydrogen-bond donors (Lipinski definition) is 2. The maximum absolute atomic E-state index is 12.1. The van der Waals surface area contributed by atoms with Gasteiger partial charge in [-0.1, -0.05) is 0 Å². The Morgan fingerprint density at radius 3 is 2.91 bits per heavy atom. The minimum absolute atomic E-state index is 0.0309. The van der Waals surface area contributed by atoms with E-state index in [0.29, 0.717) is 42.3 Å². The van der Waals surface area contributed by atoms with Crippen molar-refractivity contribution in [2.24, 2.45) is 0 Å². The van der Waals surface area contributed by atoms with E-state index in [-0.39, 0.29) is 19.1 Å². The summed E-state index contributed by atoms with van der Waals surface area (Å²) in [5.74, 6) is -0.369. The van der Waals surface area contributed by atoms with Gasteiger partial charge in [-0.3, -0.25) is 4.79 Å². The van der Waals surface area contributed by atoms with Crippen molar-refractivity contribution in [3.05, 3.63) is 23.8 Å². The molecule has 0 spiro atoms. The second-order valence-corrected chi connectivity index (χ2v) is 4.88. The smallest absolute Gasteiger partial charge is 0.328 e. The Hall–Kier alpha value is -2.54. The van der Waals surface area contributed by atoms with Crippen LogP contribution in [0.4, 0.5) is 5.69 Å². The number of ether oxygens (including phenoxy) is 2. The third-order valence-corrected chi connectivity index (χ3v) is 3.25. The van der Waals surface area contributed by atoms with E-state index in [9.17, 15) is 9.59 Å². The van der Waals surface area contributed by atoms with Gasteiger partial charge in [0.25, 0.3) is 5.91 Å². The fourth-order valence-corrected chi connectivity index (χ4v) is 2.30. The second kappa shape index (κ2) is 7.64. The van der Waals surface area contributed by atoms with E-state index in [1.807, 2.05) is 6.92 Å². The Morgan fingerprint density at radius 2 is 2.26 bits per heavy atom. The van der Waals surface area contributed by atoms with E-state index in [2.05, 4.69) is 0 Å². The standard InChI is InChI=1S/C16H19NO6/c1-2-22-13-9-11(4-5-15(20)21)8-12-16(13)23-10-14(19)17(12)6-3-7-18/h4-5,8-9,18H,2-3,6-7,10H2,1H3,(H,20,21)/b5-4+. The number of carboxylic acid groups (broad SMARTS) is 1. The first-order valence-corrected chi connectivity index (χ1v) is 7.32. The molecule has 7 nitrogen and oxygen atoms in total. The average molecular weight is 321 g/mol. The van der Waals surface area contributed by atoms with Gasteiger partial charge in [-0.05, 0) is 37.1 Å². The van der Waals surface area contributed by atoms with Crippen molar-refractivity contribution in [1.82, 2.24) is 0 Å². The van der Waals surface area contributed by atoms with Crippen molar-refractivity contribution in [3.8, 4) is 11.5 Å². The molecule has 1 aliphatic heterocycles. The first-order valence-electron chi connectivity index (χ1n) is 7.32. The van der Waals surface area contributed by atoms with Crippen molar-refractivity contribution in [1.29, 1.82) is 0 Å². The van der Waals surface area contributed by atoms with Crippen LogP contribution in [-0.2, 0) is 9.59 Å². The maximum atomic E-state index is 12.1. The second-order valence-electron chi connectivity index (χ2n) is 4.88. The van der Waals surface area contributed by atoms with Crippen molar-refractivity contribution in [3.63, 3.8) is 0 Å². The van der Waals surface area contributed by atoms with Crippen molar-refractivity contribution in [2.75, 3.05) is 31.3 Å². The van der Waals surface area contributed by atoms with Gasteiger partial charge in [0.2, 0.25) is 0 Å². The number of aliphatic hydroxyl groups is 1. The molecule has 1 aliphatic rings. The topological polar surface area (TPSA) is 96.3 Å². The van der Waals surface area contributed by atoms with E-state index < -0.39 is 5.97 Å². The van der Waals surface area contributed by atoms with Crippen LogP contribution in [0.25, 0.3) is 6.08 Å². The number of carboxylic acids is 1. The van der Waals surface area contributed by atoms with Crippen molar-refractivity contribution < 1.29 is 29.3 Å². The highest BCUT2D eigenvalue weighted by atomic mass is 16.5. The number of aliphatic hydroxyl groups excluding tert-OH is 1. The number of nitrogens with zero attached hydrogens (tertiary/aromatic N) is 1. The number of benzene rings is 1. The van der Waals surface area contributed by atoms with Crippen LogP contribution in [0.2, 0.25) is 0 Å². The molecule has 1 heterocycles. The number of hydrogen-bond acceptors (Lipinski definition) is 5. The minimum Gasteiger partial charge on any atom is -0.490 e. The molecule has 0 saturated carbocycles. The van der Waals surface area contributed by atoms with Crippen LogP contribution in [0.1, 0.15) is 18.9 Å². The zero-order chi connectivity index (χ0) is 16.8. The molecule has 0 unspecified atom stereocenters. The Balaban J connectivity index is 2.47. The SMILES string of the molecule is CCOc1cc(/C=C/C(=O)O)cc2c1OCC(=O)N2CCCO. The molecular formula is C16H19NO6. The highest BCUT2D eigenvalue weighted by Crippen LogP contribution is 2.42. The normalized spacial score (nSPS) is 13.8. The number of carbonyl (C=O) groups excluding carboxylic acids is 1. The van der Waals surface area contributed by atoms with E-state index in [0.717, 1.165) is 6.08 Å². The number of fused-ring (bicyclic) bond motifs is 1. The average Bonchev–Trinajstić information content (AvgIpc) is 2.52. The number of carbonyl (C=O) groups is 2. The van der Waals surface area contributed by atoms with E-state index in [4.69, 9.17) is 19.7 Å². The fraction of sp³-hybridized carbons (Fsp3) is 0.375. The van der Waals surface area contributed by atoms with Crippen LogP contribution < -0.4 is 14.4 Å². The van der Waals surface area contributed by atoms with Crippen LogP contribution >= 0.6 is 0 Å². The molecule has 1 aromatic rings. The van der Waals surface area contributed by atoms with Gasteiger partial charge in [0.05, 0.1) is 12.3 Å². The van der Waals surface area contributed by atoms with Gasteiger partial charge in [-0.25, -0.2) is 4.79 Å². The molecule has 2 rings (SSSR count). The summed E-state index contributed by atoms with van der Waals surface area (Å²) in [6.45, 7) is 2.46. The summed E-state index contributed by atoms with van der Waals surface area (Å²) < 4.78 is 11.0. The zero-order valence-electron chi connectivity index (χ0n) is 12.8. The van der Waals surface area contributed by atoms with Gasteiger partial charge in [0, 0.05) is 19.2 Å². The van der Waals surface area contributed by atoms with Crippen LogP contribution in [-0.4, -0.2) is 48.5 Å². The van der Waals surface area contributed by atoms with Gasteiger partial charge in [-0.15, -0.1) is 0 Å². The van der Waals surface area contributed by atoms with E-state index >= 15 is 0 Å². The number of aliphatic carboxylic acids is 1. The molecule has 0 fully saturated rings. The minimum atomic E-state index is -1.06. The lowest BCUT2D eigenvalue weighted by Crippen LogP contribution is -2.39. The van der Waals surface area contributed by atoms with Gasteiger partial charge in [0.1, 0.15) is 0 Å². The van der Waals surface area contributed by atoms with E-state index in [1.54, 1.807) is 12.1 Å². The van der Waals surface area contributed by atoms with Gasteiger partial charge in [0.15, 0.2) is 18.1 Å². The van der Waals surface area contributed by atoms with Crippen LogP contribution in [0, 0.1) is 0 Å². The maximum Gasteiger partial charge on any atom is 0.328 e. The Labute approximate surface area is 133 Å². The number of rotatable bonds is 7. The number of amides is 1. The summed E-state index contributed by atoms with van der Waals surface area (Å²) in [6.07, 6.45) is 2.87. The summed E-state index contributed by atoms with van der Waals surface area (Å²) in [5, 5.41) is 17.8. The molecule has 0 radical (unpaired) electrons. The first-order chi connectivity index (χ1) is 11.1. The zero-order valence-corrected chi connectivity index (χ0v) is 12.8. The quantitative estimate of drug-likeness (QED) is 0.735. The molecule has 0 aromatic heterocycles. The highest BCUT2D eigenvalue weighted by Gasteiger charge is 2.28. The van der Waals surface area contributed by atoms with Crippen molar-refractivity contribution >= 4 is 23.6 Å². The molecule has 23 heavy (non-hydrogen) atoms. The predicted molar refractivity (Wildman–Crippen MR) is 83.8 cm³/mol. The third-order valence-electron chi connectivity index (χ3n) is 3.25.